The van der Waals surface area contributed by atoms with Crippen molar-refractivity contribution in [3.8, 4) is 11.1 Å². The fraction of sp³-hybridized carbons (Fsp3) is 0. The summed E-state index contributed by atoms with van der Waals surface area (Å²) in [6, 6.07) is 12.1. The first kappa shape index (κ1) is 11.7. The van der Waals surface area contributed by atoms with E-state index in [4.69, 9.17) is 11.6 Å². The number of nitrogens with one attached hydrogen (secondary N) is 1. The summed E-state index contributed by atoms with van der Waals surface area (Å²) in [5.41, 5.74) is 2.16. The standard InChI is InChI=1S/C14H9ClN2O2/c15-12-8-13-9(5-6-16-13)7-11(12)10-3-1-2-4-14(10)17(18)19/h1-8,16H. The minimum atomic E-state index is -0.396. The molecule has 1 N–H and O–H groups in total. The number of rotatable bonds is 2. The van der Waals surface area contributed by atoms with Gasteiger partial charge in [0, 0.05) is 28.7 Å². The molecule has 0 saturated heterocycles. The van der Waals surface area contributed by atoms with Gasteiger partial charge in [0.25, 0.3) is 5.69 Å². The van der Waals surface area contributed by atoms with Crippen molar-refractivity contribution in [3.63, 3.8) is 0 Å². The van der Waals surface area contributed by atoms with Gasteiger partial charge in [0.1, 0.15) is 0 Å². The van der Waals surface area contributed by atoms with Crippen LogP contribution < -0.4 is 0 Å². The second-order valence-electron chi connectivity index (χ2n) is 4.17. The molecule has 0 fully saturated rings. The third kappa shape index (κ3) is 1.96. The van der Waals surface area contributed by atoms with Crippen LogP contribution in [-0.2, 0) is 0 Å². The molecule has 0 atom stereocenters. The van der Waals surface area contributed by atoms with E-state index < -0.39 is 4.92 Å². The molecule has 0 saturated carbocycles. The number of para-hydroxylation sites is 1. The molecular formula is C14H9ClN2O2. The summed E-state index contributed by atoms with van der Waals surface area (Å²) in [5.74, 6) is 0. The molecule has 0 radical (unpaired) electrons. The Morgan fingerprint density at radius 3 is 2.68 bits per heavy atom. The Labute approximate surface area is 113 Å². The second-order valence-corrected chi connectivity index (χ2v) is 4.58. The van der Waals surface area contributed by atoms with Crippen LogP contribution in [0.3, 0.4) is 0 Å². The van der Waals surface area contributed by atoms with Crippen LogP contribution in [0.25, 0.3) is 22.0 Å². The van der Waals surface area contributed by atoms with Crippen molar-refractivity contribution in [1.29, 1.82) is 0 Å². The Balaban J connectivity index is 2.29. The quantitative estimate of drug-likeness (QED) is 0.555. The number of hydrogen-bond donors (Lipinski definition) is 1. The summed E-state index contributed by atoms with van der Waals surface area (Å²) in [5, 5.41) is 12.5. The molecule has 0 amide bonds. The molecule has 0 aliphatic rings. The smallest absolute Gasteiger partial charge is 0.277 e. The van der Waals surface area contributed by atoms with E-state index in [1.807, 2.05) is 18.3 Å². The first-order valence-electron chi connectivity index (χ1n) is 5.67. The highest BCUT2D eigenvalue weighted by molar-refractivity contribution is 6.34. The van der Waals surface area contributed by atoms with E-state index in [1.165, 1.54) is 6.07 Å². The number of aromatic amines is 1. The van der Waals surface area contributed by atoms with Gasteiger partial charge in [-0.25, -0.2) is 0 Å². The maximum Gasteiger partial charge on any atom is 0.277 e. The molecule has 0 unspecified atom stereocenters. The van der Waals surface area contributed by atoms with Gasteiger partial charge in [0.05, 0.1) is 15.5 Å². The molecule has 1 heterocycles. The number of aromatic nitrogens is 1. The lowest BCUT2D eigenvalue weighted by molar-refractivity contribution is -0.384. The molecule has 0 aliphatic heterocycles. The van der Waals surface area contributed by atoms with Gasteiger partial charge in [0.2, 0.25) is 0 Å². The van der Waals surface area contributed by atoms with Gasteiger partial charge in [-0.05, 0) is 24.3 Å². The topological polar surface area (TPSA) is 58.9 Å². The molecule has 2 aromatic carbocycles. The fourth-order valence-electron chi connectivity index (χ4n) is 2.14. The first-order valence-corrected chi connectivity index (χ1v) is 6.05. The number of nitrogens with zero attached hydrogens (tertiary/aromatic N) is 1. The fourth-order valence-corrected chi connectivity index (χ4v) is 2.41. The lowest BCUT2D eigenvalue weighted by Crippen LogP contribution is -1.92. The Kier molecular flexibility index (Phi) is 2.72. The van der Waals surface area contributed by atoms with Crippen LogP contribution in [0.5, 0.6) is 0 Å². The van der Waals surface area contributed by atoms with Crippen LogP contribution in [-0.4, -0.2) is 9.91 Å². The zero-order valence-corrected chi connectivity index (χ0v) is 10.5. The molecule has 3 rings (SSSR count). The minimum Gasteiger partial charge on any atom is -0.361 e. The summed E-state index contributed by atoms with van der Waals surface area (Å²) in [4.78, 5) is 13.7. The van der Waals surface area contributed by atoms with Crippen LogP contribution in [0.1, 0.15) is 0 Å². The van der Waals surface area contributed by atoms with Crippen molar-refractivity contribution in [3.05, 3.63) is 63.8 Å². The SMILES string of the molecule is O=[N+]([O-])c1ccccc1-c1cc2cc[nH]c2cc1Cl. The molecule has 4 nitrogen and oxygen atoms in total. The average Bonchev–Trinajstić information content (AvgIpc) is 2.84. The summed E-state index contributed by atoms with van der Waals surface area (Å²) >= 11 is 6.23. The average molecular weight is 273 g/mol. The third-order valence-electron chi connectivity index (χ3n) is 3.03. The van der Waals surface area contributed by atoms with Gasteiger partial charge in [-0.3, -0.25) is 10.1 Å². The van der Waals surface area contributed by atoms with Crippen molar-refractivity contribution in [1.82, 2.24) is 4.98 Å². The highest BCUT2D eigenvalue weighted by Crippen LogP contribution is 2.36. The molecule has 0 aliphatic carbocycles. The first-order chi connectivity index (χ1) is 9.16. The Bertz CT molecular complexity index is 780. The van der Waals surface area contributed by atoms with Gasteiger partial charge in [0.15, 0.2) is 0 Å². The third-order valence-corrected chi connectivity index (χ3v) is 3.34. The van der Waals surface area contributed by atoms with Gasteiger partial charge in [-0.2, -0.15) is 0 Å². The summed E-state index contributed by atoms with van der Waals surface area (Å²) in [6.45, 7) is 0. The summed E-state index contributed by atoms with van der Waals surface area (Å²) < 4.78 is 0. The van der Waals surface area contributed by atoms with Crippen LogP contribution >= 0.6 is 11.6 Å². The Morgan fingerprint density at radius 1 is 1.11 bits per heavy atom. The van der Waals surface area contributed by atoms with Crippen molar-refractivity contribution in [2.24, 2.45) is 0 Å². The van der Waals surface area contributed by atoms with Crippen molar-refractivity contribution >= 4 is 28.2 Å². The van der Waals surface area contributed by atoms with E-state index in [9.17, 15) is 10.1 Å². The molecule has 0 spiro atoms. The van der Waals surface area contributed by atoms with Gasteiger partial charge in [-0.1, -0.05) is 23.7 Å². The summed E-state index contributed by atoms with van der Waals surface area (Å²) in [6.07, 6.45) is 1.81. The van der Waals surface area contributed by atoms with E-state index >= 15 is 0 Å². The Morgan fingerprint density at radius 2 is 1.89 bits per heavy atom. The predicted molar refractivity (Wildman–Crippen MR) is 75.4 cm³/mol. The number of nitro groups is 1. The molecule has 1 aromatic heterocycles. The number of fused-ring (bicyclic) bond motifs is 1. The normalized spacial score (nSPS) is 10.8. The Hall–Kier alpha value is -2.33. The lowest BCUT2D eigenvalue weighted by atomic mass is 10.0. The van der Waals surface area contributed by atoms with Crippen molar-refractivity contribution in [2.75, 3.05) is 0 Å². The molecular weight excluding hydrogens is 264 g/mol. The molecule has 19 heavy (non-hydrogen) atoms. The van der Waals surface area contributed by atoms with E-state index in [0.29, 0.717) is 16.1 Å². The van der Waals surface area contributed by atoms with Crippen molar-refractivity contribution < 1.29 is 4.92 Å². The largest absolute Gasteiger partial charge is 0.361 e. The molecule has 0 bridgehead atoms. The number of halogens is 1. The second kappa shape index (κ2) is 4.40. The van der Waals surface area contributed by atoms with Crippen LogP contribution in [0.15, 0.2) is 48.7 Å². The minimum absolute atomic E-state index is 0.0549. The van der Waals surface area contributed by atoms with Crippen LogP contribution in [0, 0.1) is 10.1 Å². The lowest BCUT2D eigenvalue weighted by Gasteiger charge is -2.06. The van der Waals surface area contributed by atoms with E-state index in [2.05, 4.69) is 4.98 Å². The summed E-state index contributed by atoms with van der Waals surface area (Å²) in [7, 11) is 0. The van der Waals surface area contributed by atoms with E-state index in [-0.39, 0.29) is 5.69 Å². The maximum atomic E-state index is 11.1. The highest BCUT2D eigenvalue weighted by Gasteiger charge is 2.17. The number of nitro benzene ring substituents is 1. The molecule has 3 aromatic rings. The molecule has 5 heteroatoms. The van der Waals surface area contributed by atoms with Crippen LogP contribution in [0.4, 0.5) is 5.69 Å². The number of hydrogen-bond acceptors (Lipinski definition) is 2. The zero-order chi connectivity index (χ0) is 13.4. The van der Waals surface area contributed by atoms with Crippen molar-refractivity contribution in [2.45, 2.75) is 0 Å². The van der Waals surface area contributed by atoms with E-state index in [1.54, 1.807) is 24.3 Å². The van der Waals surface area contributed by atoms with Crippen LogP contribution in [0.2, 0.25) is 5.02 Å². The molecule has 94 valence electrons. The van der Waals surface area contributed by atoms with Gasteiger partial charge < -0.3 is 4.98 Å². The zero-order valence-electron chi connectivity index (χ0n) is 9.76. The maximum absolute atomic E-state index is 11.1. The monoisotopic (exact) mass is 272 g/mol. The van der Waals surface area contributed by atoms with E-state index in [0.717, 1.165) is 10.9 Å². The number of H-pyrrole nitrogens is 1. The van der Waals surface area contributed by atoms with Gasteiger partial charge >= 0.3 is 0 Å². The van der Waals surface area contributed by atoms with Gasteiger partial charge in [-0.15, -0.1) is 0 Å². The highest BCUT2D eigenvalue weighted by atomic mass is 35.5. The number of benzene rings is 2. The predicted octanol–water partition coefficient (Wildman–Crippen LogP) is 4.40.